The summed E-state index contributed by atoms with van der Waals surface area (Å²) in [6, 6.07) is 60.8. The molecule has 1 atom stereocenters. The van der Waals surface area contributed by atoms with Crippen LogP contribution in [0, 0.1) is 0 Å². The van der Waals surface area contributed by atoms with Crippen molar-refractivity contribution in [2.75, 3.05) is 4.90 Å². The lowest BCUT2D eigenvalue weighted by Crippen LogP contribution is -2.41. The van der Waals surface area contributed by atoms with Gasteiger partial charge < -0.3 is 9.47 Å². The van der Waals surface area contributed by atoms with Gasteiger partial charge in [-0.1, -0.05) is 146 Å². The molecule has 2 aliphatic heterocycles. The first kappa shape index (κ1) is 28.5. The van der Waals surface area contributed by atoms with Crippen LogP contribution in [-0.4, -0.2) is 10.1 Å². The number of aromatic nitrogens is 1. The highest BCUT2D eigenvalue weighted by atomic mass is 15.2. The Morgan fingerprint density at radius 1 is 0.431 bits per heavy atom. The summed E-state index contributed by atoms with van der Waals surface area (Å²) in [5, 5.41) is 2.52. The molecule has 8 aromatic rings. The van der Waals surface area contributed by atoms with Gasteiger partial charge in [0.05, 0.1) is 27.9 Å². The van der Waals surface area contributed by atoms with E-state index >= 15 is 0 Å². The maximum absolute atomic E-state index is 2.67. The Morgan fingerprint density at radius 2 is 1.06 bits per heavy atom. The summed E-state index contributed by atoms with van der Waals surface area (Å²) in [6.07, 6.45) is 5.66. The van der Waals surface area contributed by atoms with Crippen molar-refractivity contribution in [2.45, 2.75) is 18.9 Å². The summed E-state index contributed by atoms with van der Waals surface area (Å²) in [5.41, 5.74) is 18.4. The molecular formula is C49H34N2. The number of nitrogens with zero attached hydrogens (tertiary/aromatic N) is 2. The fourth-order valence-corrected chi connectivity index (χ4v) is 9.27. The van der Waals surface area contributed by atoms with E-state index in [2.05, 4.69) is 192 Å². The minimum Gasteiger partial charge on any atom is -0.330 e. The van der Waals surface area contributed by atoms with Crippen LogP contribution < -0.4 is 4.90 Å². The lowest BCUT2D eigenvalue weighted by Gasteiger charge is -2.42. The first-order valence-electron chi connectivity index (χ1n) is 17.9. The predicted octanol–water partition coefficient (Wildman–Crippen LogP) is 12.9. The van der Waals surface area contributed by atoms with E-state index in [0.29, 0.717) is 0 Å². The van der Waals surface area contributed by atoms with E-state index in [1.165, 1.54) is 94.5 Å². The summed E-state index contributed by atoms with van der Waals surface area (Å²) in [6.45, 7) is 2.46. The van der Waals surface area contributed by atoms with Crippen LogP contribution in [0.3, 0.4) is 0 Å². The van der Waals surface area contributed by atoms with E-state index < -0.39 is 0 Å². The molecule has 3 aliphatic rings. The molecule has 1 aliphatic carbocycles. The molecule has 0 N–H and O–H groups in total. The van der Waals surface area contributed by atoms with Crippen molar-refractivity contribution in [3.05, 3.63) is 187 Å². The topological polar surface area (TPSA) is 8.17 Å². The molecule has 0 saturated carbocycles. The number of hydrogen-bond acceptors (Lipinski definition) is 1. The fourth-order valence-electron chi connectivity index (χ4n) is 9.27. The number of anilines is 2. The van der Waals surface area contributed by atoms with E-state index in [4.69, 9.17) is 0 Å². The van der Waals surface area contributed by atoms with Gasteiger partial charge in [-0.2, -0.15) is 0 Å². The Hall–Kier alpha value is -6.38. The van der Waals surface area contributed by atoms with Gasteiger partial charge in [0.25, 0.3) is 0 Å². The molecule has 11 rings (SSSR count). The number of allylic oxidation sites excluding steroid dienone is 2. The first-order valence-corrected chi connectivity index (χ1v) is 17.9. The molecule has 3 heterocycles. The van der Waals surface area contributed by atoms with Crippen LogP contribution in [0.25, 0.3) is 72.0 Å². The van der Waals surface area contributed by atoms with Crippen LogP contribution in [0.2, 0.25) is 0 Å². The fraction of sp³-hybridized carbons (Fsp3) is 0.0612. The van der Waals surface area contributed by atoms with Crippen molar-refractivity contribution in [1.82, 2.24) is 4.57 Å². The smallest absolute Gasteiger partial charge is 0.0721 e. The highest BCUT2D eigenvalue weighted by Gasteiger charge is 2.47. The summed E-state index contributed by atoms with van der Waals surface area (Å²) in [7, 11) is 0. The minimum absolute atomic E-state index is 0.323. The Balaban J connectivity index is 1.37. The number of para-hydroxylation sites is 2. The Morgan fingerprint density at radius 3 is 1.84 bits per heavy atom. The number of hydrogen-bond donors (Lipinski definition) is 0. The van der Waals surface area contributed by atoms with Gasteiger partial charge in [-0.3, -0.25) is 0 Å². The maximum Gasteiger partial charge on any atom is 0.0721 e. The van der Waals surface area contributed by atoms with Crippen LogP contribution in [0.15, 0.2) is 176 Å². The van der Waals surface area contributed by atoms with Gasteiger partial charge in [0, 0.05) is 39.6 Å². The lowest BCUT2D eigenvalue weighted by molar-refractivity contribution is 0.616. The molecule has 6 bridgehead atoms. The van der Waals surface area contributed by atoms with E-state index in [0.717, 1.165) is 6.42 Å². The summed E-state index contributed by atoms with van der Waals surface area (Å²) in [4.78, 5) is 2.67. The zero-order chi connectivity index (χ0) is 33.7. The third-order valence-electron chi connectivity index (χ3n) is 11.5. The van der Waals surface area contributed by atoms with Crippen LogP contribution in [0.1, 0.15) is 24.5 Å². The zero-order valence-corrected chi connectivity index (χ0v) is 28.3. The van der Waals surface area contributed by atoms with Gasteiger partial charge in [-0.25, -0.2) is 0 Å². The van der Waals surface area contributed by atoms with Crippen molar-refractivity contribution in [3.8, 4) is 39.1 Å². The van der Waals surface area contributed by atoms with Crippen LogP contribution >= 0.6 is 0 Å². The maximum atomic E-state index is 2.67. The average molecular weight is 651 g/mol. The summed E-state index contributed by atoms with van der Waals surface area (Å²) >= 11 is 0. The van der Waals surface area contributed by atoms with Gasteiger partial charge in [0.2, 0.25) is 0 Å². The molecule has 7 aromatic carbocycles. The molecule has 2 nitrogen and oxygen atoms in total. The van der Waals surface area contributed by atoms with Crippen molar-refractivity contribution in [3.63, 3.8) is 0 Å². The van der Waals surface area contributed by atoms with Crippen LogP contribution in [0.5, 0.6) is 0 Å². The third-order valence-corrected chi connectivity index (χ3v) is 11.5. The standard InChI is InChI=1S/C49H34N2/c1-49-31-35-25-27-43(49)40-21-11-13-23-45(40)51(49)48-30-47(41(32-14-4-2-5-15-32)29-42(48)33-16-6-3-7-17-33)50-44-22-12-10-20-38(44)39-26-24-34(28-46(39)50)36-18-8-9-19-37(35)36/h2-30H,31H2,1H3. The normalized spacial score (nSPS) is 16.9. The second-order valence-corrected chi connectivity index (χ2v) is 14.3. The molecular weight excluding hydrogens is 617 g/mol. The largest absolute Gasteiger partial charge is 0.330 e. The highest BCUT2D eigenvalue weighted by molar-refractivity contribution is 6.12. The van der Waals surface area contributed by atoms with Crippen molar-refractivity contribution in [1.29, 1.82) is 0 Å². The molecule has 0 radical (unpaired) electrons. The van der Waals surface area contributed by atoms with Gasteiger partial charge in [0.1, 0.15) is 0 Å². The van der Waals surface area contributed by atoms with Gasteiger partial charge in [0.15, 0.2) is 0 Å². The average Bonchev–Trinajstić information content (AvgIpc) is 3.66. The molecule has 1 unspecified atom stereocenters. The molecule has 51 heavy (non-hydrogen) atoms. The Bertz CT molecular complexity index is 2780. The Kier molecular flexibility index (Phi) is 5.89. The van der Waals surface area contributed by atoms with E-state index in [-0.39, 0.29) is 5.54 Å². The van der Waals surface area contributed by atoms with Crippen molar-refractivity contribution in [2.24, 2.45) is 0 Å². The Labute approximate surface area is 297 Å². The number of fused-ring (bicyclic) bond motifs is 15. The summed E-state index contributed by atoms with van der Waals surface area (Å²) in [5.74, 6) is 0. The molecule has 240 valence electrons. The number of rotatable bonds is 2. The monoisotopic (exact) mass is 650 g/mol. The molecule has 1 aromatic heterocycles. The number of benzene rings is 7. The van der Waals surface area contributed by atoms with Crippen molar-refractivity contribution < 1.29 is 0 Å². The molecule has 0 fully saturated rings. The van der Waals surface area contributed by atoms with Crippen molar-refractivity contribution >= 4 is 44.3 Å². The molecule has 2 heteroatoms. The molecule has 0 amide bonds. The highest BCUT2D eigenvalue weighted by Crippen LogP contribution is 2.58. The van der Waals surface area contributed by atoms with E-state index in [1.54, 1.807) is 0 Å². The van der Waals surface area contributed by atoms with Gasteiger partial charge in [-0.15, -0.1) is 0 Å². The van der Waals surface area contributed by atoms with E-state index in [9.17, 15) is 0 Å². The van der Waals surface area contributed by atoms with Crippen LogP contribution in [-0.2, 0) is 0 Å². The predicted molar refractivity (Wildman–Crippen MR) is 215 cm³/mol. The zero-order valence-electron chi connectivity index (χ0n) is 28.3. The molecule has 0 spiro atoms. The minimum atomic E-state index is -0.323. The van der Waals surface area contributed by atoms with Gasteiger partial charge >= 0.3 is 0 Å². The molecule has 0 saturated heterocycles. The second kappa shape index (κ2) is 10.6. The third kappa shape index (κ3) is 3.99. The van der Waals surface area contributed by atoms with E-state index in [1.807, 2.05) is 0 Å². The first-order chi connectivity index (χ1) is 25.2. The second-order valence-electron chi connectivity index (χ2n) is 14.3. The van der Waals surface area contributed by atoms with Gasteiger partial charge in [-0.05, 0) is 76.2 Å². The lowest BCUT2D eigenvalue weighted by atomic mass is 9.77. The quantitative estimate of drug-likeness (QED) is 0.181. The SMILES string of the molecule is CC12CC3=CC=C1c1ccccc1N2c1cc(c(-c2ccccc2)cc1-c1ccccc1)-n1c2ccccc2c2ccc(cc21)-c1ccccc13. The van der Waals surface area contributed by atoms with Crippen LogP contribution in [0.4, 0.5) is 11.4 Å². The summed E-state index contributed by atoms with van der Waals surface area (Å²) < 4.78 is 2.53.